The second-order valence-electron chi connectivity index (χ2n) is 9.30. The number of rotatable bonds is 0. The van der Waals surface area contributed by atoms with Gasteiger partial charge in [0.05, 0.1) is 11.6 Å². The highest BCUT2D eigenvalue weighted by Crippen LogP contribution is 2.38. The van der Waals surface area contributed by atoms with Gasteiger partial charge in [0.15, 0.2) is 0 Å². The van der Waals surface area contributed by atoms with E-state index in [1.54, 1.807) is 0 Å². The SMILES string of the molecule is CC(C)(C)c1ccc2c(c1)B1c3c(cccc3-c3cccc4c(C#N)ccc1c34)O2. The molecule has 2 heterocycles. The molecule has 0 atom stereocenters. The molecule has 0 unspecified atom stereocenters. The van der Waals surface area contributed by atoms with Gasteiger partial charge in [0.1, 0.15) is 11.5 Å². The van der Waals surface area contributed by atoms with E-state index in [2.05, 4.69) is 87.5 Å². The minimum absolute atomic E-state index is 0.0569. The monoisotopic (exact) mass is 385 g/mol. The molecular formula is C27H20BNO. The van der Waals surface area contributed by atoms with Crippen LogP contribution in [0.5, 0.6) is 11.5 Å². The molecule has 4 aromatic carbocycles. The highest BCUT2D eigenvalue weighted by Gasteiger charge is 2.39. The van der Waals surface area contributed by atoms with E-state index >= 15 is 0 Å². The summed E-state index contributed by atoms with van der Waals surface area (Å²) in [6, 6.07) is 25.7. The fraction of sp³-hybridized carbons (Fsp3) is 0.148. The summed E-state index contributed by atoms with van der Waals surface area (Å²) in [5, 5.41) is 11.9. The lowest BCUT2D eigenvalue weighted by molar-refractivity contribution is 0.486. The van der Waals surface area contributed by atoms with Gasteiger partial charge in [0.25, 0.3) is 6.71 Å². The zero-order chi connectivity index (χ0) is 20.6. The maximum atomic E-state index is 9.70. The first-order chi connectivity index (χ1) is 14.5. The Morgan fingerprint density at radius 3 is 2.43 bits per heavy atom. The molecule has 0 amide bonds. The van der Waals surface area contributed by atoms with Gasteiger partial charge in [-0.15, -0.1) is 0 Å². The van der Waals surface area contributed by atoms with Crippen molar-refractivity contribution in [1.29, 1.82) is 5.26 Å². The predicted octanol–water partition coefficient (Wildman–Crippen LogP) is 4.61. The van der Waals surface area contributed by atoms with E-state index in [1.165, 1.54) is 38.5 Å². The van der Waals surface area contributed by atoms with Gasteiger partial charge in [0, 0.05) is 0 Å². The summed E-state index contributed by atoms with van der Waals surface area (Å²) >= 11 is 0. The molecule has 0 saturated carbocycles. The van der Waals surface area contributed by atoms with Crippen molar-refractivity contribution < 1.29 is 4.74 Å². The molecule has 0 fully saturated rings. The van der Waals surface area contributed by atoms with Gasteiger partial charge in [-0.1, -0.05) is 74.8 Å². The zero-order valence-electron chi connectivity index (χ0n) is 17.3. The van der Waals surface area contributed by atoms with E-state index in [4.69, 9.17) is 4.74 Å². The molecule has 0 aliphatic carbocycles. The molecule has 6 rings (SSSR count). The van der Waals surface area contributed by atoms with Crippen molar-refractivity contribution in [2.75, 3.05) is 0 Å². The van der Waals surface area contributed by atoms with Crippen LogP contribution in [0.3, 0.4) is 0 Å². The molecule has 4 aromatic rings. The number of fused-ring (bicyclic) bond motifs is 4. The Hall–Kier alpha value is -3.51. The van der Waals surface area contributed by atoms with Crippen LogP contribution < -0.4 is 21.1 Å². The first-order valence-electron chi connectivity index (χ1n) is 10.4. The number of nitriles is 1. The molecule has 2 aliphatic heterocycles. The summed E-state index contributed by atoms with van der Waals surface area (Å²) < 4.78 is 6.40. The average Bonchev–Trinajstić information content (AvgIpc) is 2.75. The minimum atomic E-state index is 0.0569. The van der Waals surface area contributed by atoms with Crippen molar-refractivity contribution >= 4 is 33.9 Å². The zero-order valence-corrected chi connectivity index (χ0v) is 17.3. The average molecular weight is 385 g/mol. The van der Waals surface area contributed by atoms with Crippen LogP contribution in [0.2, 0.25) is 0 Å². The molecule has 0 N–H and O–H groups in total. The molecule has 0 aromatic heterocycles. The Morgan fingerprint density at radius 2 is 1.63 bits per heavy atom. The van der Waals surface area contributed by atoms with Crippen molar-refractivity contribution in [3.63, 3.8) is 0 Å². The summed E-state index contributed by atoms with van der Waals surface area (Å²) in [5.41, 5.74) is 8.19. The third-order valence-electron chi connectivity index (χ3n) is 6.56. The van der Waals surface area contributed by atoms with Crippen LogP contribution in [-0.2, 0) is 5.41 Å². The summed E-state index contributed by atoms with van der Waals surface area (Å²) in [6.07, 6.45) is 0. The lowest BCUT2D eigenvalue weighted by Crippen LogP contribution is -2.57. The Labute approximate surface area is 176 Å². The van der Waals surface area contributed by atoms with E-state index in [1.807, 2.05) is 6.07 Å². The van der Waals surface area contributed by atoms with Crippen LogP contribution in [0.15, 0.2) is 66.7 Å². The van der Waals surface area contributed by atoms with Crippen LogP contribution in [0.25, 0.3) is 21.9 Å². The number of hydrogen-bond donors (Lipinski definition) is 0. The second-order valence-corrected chi connectivity index (χ2v) is 9.30. The van der Waals surface area contributed by atoms with Crippen LogP contribution in [0.1, 0.15) is 31.9 Å². The number of hydrogen-bond acceptors (Lipinski definition) is 2. The molecule has 142 valence electrons. The maximum Gasteiger partial charge on any atom is 0.252 e. The maximum absolute atomic E-state index is 9.70. The van der Waals surface area contributed by atoms with E-state index in [0.29, 0.717) is 0 Å². The Kier molecular flexibility index (Phi) is 3.34. The minimum Gasteiger partial charge on any atom is -0.458 e. The topological polar surface area (TPSA) is 33.0 Å². The second kappa shape index (κ2) is 5.77. The molecule has 2 aliphatic rings. The number of nitrogens with zero attached hydrogens (tertiary/aromatic N) is 1. The van der Waals surface area contributed by atoms with Gasteiger partial charge in [-0.25, -0.2) is 0 Å². The first-order valence-corrected chi connectivity index (χ1v) is 10.4. The van der Waals surface area contributed by atoms with Crippen LogP contribution in [-0.4, -0.2) is 6.71 Å². The molecule has 3 heteroatoms. The molecule has 0 radical (unpaired) electrons. The summed E-state index contributed by atoms with van der Waals surface area (Å²) in [7, 11) is 0. The molecule has 2 nitrogen and oxygen atoms in total. The summed E-state index contributed by atoms with van der Waals surface area (Å²) in [5.74, 6) is 1.86. The van der Waals surface area contributed by atoms with Crippen LogP contribution in [0.4, 0.5) is 0 Å². The van der Waals surface area contributed by atoms with Crippen molar-refractivity contribution in [3.8, 4) is 28.7 Å². The van der Waals surface area contributed by atoms with Crippen molar-refractivity contribution in [2.24, 2.45) is 0 Å². The van der Waals surface area contributed by atoms with Gasteiger partial charge in [-0.2, -0.15) is 5.26 Å². The lowest BCUT2D eigenvalue weighted by atomic mass is 9.32. The van der Waals surface area contributed by atoms with E-state index < -0.39 is 0 Å². The third-order valence-corrected chi connectivity index (χ3v) is 6.56. The van der Waals surface area contributed by atoms with Gasteiger partial charge >= 0.3 is 0 Å². The van der Waals surface area contributed by atoms with Crippen LogP contribution in [0, 0.1) is 11.3 Å². The molecule has 0 saturated heterocycles. The van der Waals surface area contributed by atoms with Crippen LogP contribution >= 0.6 is 0 Å². The molecule has 0 bridgehead atoms. The Bertz CT molecular complexity index is 1420. The fourth-order valence-electron chi connectivity index (χ4n) is 5.09. The quantitative estimate of drug-likeness (QED) is 0.358. The summed E-state index contributed by atoms with van der Waals surface area (Å²) in [6.45, 7) is 6.84. The molecule has 30 heavy (non-hydrogen) atoms. The van der Waals surface area contributed by atoms with Gasteiger partial charge in [-0.05, 0) is 62.0 Å². The number of ether oxygens (including phenoxy) is 1. The normalized spacial score (nSPS) is 13.3. The van der Waals surface area contributed by atoms with Gasteiger partial charge < -0.3 is 4.74 Å². The van der Waals surface area contributed by atoms with E-state index in [-0.39, 0.29) is 12.1 Å². The lowest BCUT2D eigenvalue weighted by Gasteiger charge is -2.34. The standard InChI is InChI=1S/C27H20BNO/c1-27(2,3)17-11-13-23-22(14-17)28-21-12-10-16(15-29)18-6-4-7-19(25(18)21)20-8-5-9-24(30-23)26(20)28/h4-14H,1-3H3. The highest BCUT2D eigenvalue weighted by atomic mass is 16.5. The fourth-order valence-corrected chi connectivity index (χ4v) is 5.09. The Morgan fingerprint density at radius 1 is 0.833 bits per heavy atom. The largest absolute Gasteiger partial charge is 0.458 e. The smallest absolute Gasteiger partial charge is 0.252 e. The van der Waals surface area contributed by atoms with Crippen molar-refractivity contribution in [2.45, 2.75) is 26.2 Å². The molecule has 0 spiro atoms. The van der Waals surface area contributed by atoms with Crippen molar-refractivity contribution in [1.82, 2.24) is 0 Å². The Balaban J connectivity index is 1.76. The van der Waals surface area contributed by atoms with Crippen molar-refractivity contribution in [3.05, 3.63) is 77.9 Å². The van der Waals surface area contributed by atoms with E-state index in [9.17, 15) is 5.26 Å². The third kappa shape index (κ3) is 2.19. The highest BCUT2D eigenvalue weighted by molar-refractivity contribution is 7.00. The summed E-state index contributed by atoms with van der Waals surface area (Å²) in [4.78, 5) is 0. The first kappa shape index (κ1) is 17.4. The van der Waals surface area contributed by atoms with Gasteiger partial charge in [-0.3, -0.25) is 0 Å². The number of benzene rings is 4. The van der Waals surface area contributed by atoms with E-state index in [0.717, 1.165) is 22.4 Å². The predicted molar refractivity (Wildman–Crippen MR) is 124 cm³/mol. The molecular weight excluding hydrogens is 365 g/mol. The van der Waals surface area contributed by atoms with Gasteiger partial charge in [0.2, 0.25) is 0 Å².